The van der Waals surface area contributed by atoms with Crippen molar-refractivity contribution in [3.05, 3.63) is 53.7 Å². The van der Waals surface area contributed by atoms with E-state index in [-0.39, 0.29) is 29.3 Å². The fraction of sp³-hybridized carbons (Fsp3) is 0.348. The molecule has 0 amide bonds. The van der Waals surface area contributed by atoms with Gasteiger partial charge in [-0.2, -0.15) is 0 Å². The van der Waals surface area contributed by atoms with Gasteiger partial charge in [0.1, 0.15) is 0 Å². The predicted octanol–water partition coefficient (Wildman–Crippen LogP) is 1.54. The molecule has 174 valence electrons. The van der Waals surface area contributed by atoms with Crippen molar-refractivity contribution in [2.75, 3.05) is 19.8 Å². The van der Waals surface area contributed by atoms with Gasteiger partial charge >= 0.3 is 203 Å². The normalized spacial score (nSPS) is 19.1. The number of tetrazole rings is 1. The van der Waals surface area contributed by atoms with Crippen LogP contribution in [0.4, 0.5) is 8.78 Å². The van der Waals surface area contributed by atoms with Crippen molar-refractivity contribution in [2.45, 2.75) is 25.3 Å². The second-order valence-electron chi connectivity index (χ2n) is 8.25. The molecule has 1 fully saturated rings. The van der Waals surface area contributed by atoms with Crippen LogP contribution in [0.5, 0.6) is 0 Å². The van der Waals surface area contributed by atoms with Gasteiger partial charge in [-0.05, 0) is 0 Å². The molecule has 2 radical (unpaired) electrons. The number of rotatable bonds is 5. The number of carbonyl (C=O) groups is 1. The van der Waals surface area contributed by atoms with E-state index in [9.17, 15) is 13.6 Å². The van der Waals surface area contributed by atoms with E-state index >= 15 is 0 Å². The summed E-state index contributed by atoms with van der Waals surface area (Å²) in [5.74, 6) is -1.61. The number of ether oxygens (including phenoxy) is 1. The minimum atomic E-state index is -1.04. The van der Waals surface area contributed by atoms with Gasteiger partial charge in [0.05, 0.1) is 0 Å². The van der Waals surface area contributed by atoms with Crippen molar-refractivity contribution >= 4 is 32.7 Å². The molecule has 1 aromatic carbocycles. The van der Waals surface area contributed by atoms with Crippen LogP contribution in [0.3, 0.4) is 0 Å². The first-order valence-electron chi connectivity index (χ1n) is 11.0. The van der Waals surface area contributed by atoms with Crippen molar-refractivity contribution in [1.29, 1.82) is 0 Å². The molecule has 5 rings (SSSR count). The zero-order valence-electron chi connectivity index (χ0n) is 18.1. The maximum absolute atomic E-state index is 14.4. The molecule has 0 bridgehead atoms. The second kappa shape index (κ2) is 9.82. The quantitative estimate of drug-likeness (QED) is 0.504. The van der Waals surface area contributed by atoms with Crippen molar-refractivity contribution in [3.8, 4) is 17.1 Å². The Bertz CT molecular complexity index is 1260. The summed E-state index contributed by atoms with van der Waals surface area (Å²) in [5.41, 5.74) is 2.28. The van der Waals surface area contributed by atoms with E-state index in [0.717, 1.165) is 41.1 Å². The maximum atomic E-state index is 14.4. The minimum absolute atomic E-state index is 0.00311. The second-order valence-corrected chi connectivity index (χ2v) is 9.13. The molecule has 0 saturated carbocycles. The Balaban J connectivity index is 1.49. The number of carbonyl (C=O) groups excluding carboxylic acids is 1. The van der Waals surface area contributed by atoms with E-state index in [1.54, 1.807) is 6.20 Å². The standard InChI is InChI=1S/C23H21AsF2N6O2/c24-22-16(23-29-30-31-32(23)19-3-1-2-17(25)20(19)26)10-15(12-28-22)14-4-7-27-18(11-14)21(33)13-5-8-34-9-6-13/h1-3,10-13,18,27H,4-9H2. The predicted molar refractivity (Wildman–Crippen MR) is 121 cm³/mol. The third-order valence-electron chi connectivity index (χ3n) is 6.16. The number of hydrogen-bond acceptors (Lipinski definition) is 7. The van der Waals surface area contributed by atoms with Crippen LogP contribution in [-0.4, -0.2) is 73.6 Å². The number of aromatic nitrogens is 5. The molecule has 1 N–H and O–H groups in total. The summed E-state index contributed by atoms with van der Waals surface area (Å²) in [4.78, 5) is 17.5. The molecule has 2 aliphatic rings. The monoisotopic (exact) mass is 526 g/mol. The Kier molecular flexibility index (Phi) is 6.63. The Hall–Kier alpha value is -2.81. The first-order valence-corrected chi connectivity index (χ1v) is 11.9. The summed E-state index contributed by atoms with van der Waals surface area (Å²) in [7, 11) is 0. The van der Waals surface area contributed by atoms with Crippen LogP contribution in [0.25, 0.3) is 22.6 Å². The van der Waals surface area contributed by atoms with Crippen LogP contribution in [0.15, 0.2) is 36.5 Å². The van der Waals surface area contributed by atoms with Gasteiger partial charge in [0, 0.05) is 0 Å². The van der Waals surface area contributed by atoms with Gasteiger partial charge in [0.2, 0.25) is 0 Å². The van der Waals surface area contributed by atoms with Crippen molar-refractivity contribution in [2.24, 2.45) is 5.92 Å². The average molecular weight is 526 g/mol. The number of hydrogen-bond donors (Lipinski definition) is 1. The summed E-state index contributed by atoms with van der Waals surface area (Å²) in [5, 5.41) is 14.9. The van der Waals surface area contributed by atoms with Gasteiger partial charge in [-0.25, -0.2) is 0 Å². The molecule has 11 heteroatoms. The summed E-state index contributed by atoms with van der Waals surface area (Å²) in [6, 6.07) is 5.34. The molecule has 3 aromatic rings. The van der Waals surface area contributed by atoms with Crippen LogP contribution in [-0.2, 0) is 9.53 Å². The molecule has 2 aliphatic heterocycles. The van der Waals surface area contributed by atoms with Gasteiger partial charge < -0.3 is 0 Å². The van der Waals surface area contributed by atoms with Crippen molar-refractivity contribution in [1.82, 2.24) is 30.5 Å². The third kappa shape index (κ3) is 4.45. The fourth-order valence-corrected chi connectivity index (χ4v) is 4.80. The average Bonchev–Trinajstić information content (AvgIpc) is 3.35. The first-order chi connectivity index (χ1) is 16.5. The molecular formula is C23H21AsF2N6O2. The molecule has 2 aromatic heterocycles. The topological polar surface area (TPSA) is 94.8 Å². The van der Waals surface area contributed by atoms with Gasteiger partial charge in [-0.3, -0.25) is 0 Å². The number of benzene rings is 1. The Labute approximate surface area is 203 Å². The third-order valence-corrected chi connectivity index (χ3v) is 6.91. The summed E-state index contributed by atoms with van der Waals surface area (Å²) in [6.07, 6.45) is 5.91. The van der Waals surface area contributed by atoms with Gasteiger partial charge in [-0.15, -0.1) is 0 Å². The molecular weight excluding hydrogens is 505 g/mol. The van der Waals surface area contributed by atoms with Crippen molar-refractivity contribution < 1.29 is 18.3 Å². The van der Waals surface area contributed by atoms with E-state index in [2.05, 4.69) is 42.7 Å². The van der Waals surface area contributed by atoms with Gasteiger partial charge in [-0.1, -0.05) is 0 Å². The summed E-state index contributed by atoms with van der Waals surface area (Å²) in [6.45, 7) is 1.89. The van der Waals surface area contributed by atoms with Gasteiger partial charge in [0.15, 0.2) is 0 Å². The summed E-state index contributed by atoms with van der Waals surface area (Å²) < 4.78 is 35.4. The number of pyridine rings is 1. The molecule has 4 heterocycles. The van der Waals surface area contributed by atoms with Crippen LogP contribution < -0.4 is 9.80 Å². The Morgan fingerprint density at radius 1 is 1.24 bits per heavy atom. The number of nitrogens with one attached hydrogen (secondary N) is 1. The van der Waals surface area contributed by atoms with Crippen LogP contribution in [0.2, 0.25) is 0 Å². The van der Waals surface area contributed by atoms with Crippen LogP contribution in [0, 0.1) is 17.6 Å². The molecule has 1 saturated heterocycles. The molecule has 34 heavy (non-hydrogen) atoms. The van der Waals surface area contributed by atoms with E-state index in [0.29, 0.717) is 29.8 Å². The molecule has 0 aliphatic carbocycles. The number of ketones is 1. The molecule has 1 atom stereocenters. The first kappa shape index (κ1) is 23.0. The zero-order chi connectivity index (χ0) is 23.7. The zero-order valence-corrected chi connectivity index (χ0v) is 20.0. The van der Waals surface area contributed by atoms with E-state index in [1.165, 1.54) is 12.1 Å². The van der Waals surface area contributed by atoms with E-state index in [4.69, 9.17) is 4.74 Å². The van der Waals surface area contributed by atoms with E-state index < -0.39 is 11.6 Å². The SMILES string of the molecule is O=C(C1CCOCC1)C1C=C(c2cnc([As])c(-c3nnnn3-c3cccc(F)c3F)c2)CCN1. The number of halogens is 2. The van der Waals surface area contributed by atoms with Crippen LogP contribution in [0.1, 0.15) is 24.8 Å². The summed E-state index contributed by atoms with van der Waals surface area (Å²) >= 11 is 2.34. The van der Waals surface area contributed by atoms with E-state index in [1.807, 2.05) is 12.1 Å². The van der Waals surface area contributed by atoms with Crippen molar-refractivity contribution in [3.63, 3.8) is 0 Å². The van der Waals surface area contributed by atoms with Crippen LogP contribution >= 0.6 is 0 Å². The fourth-order valence-electron chi connectivity index (χ4n) is 4.34. The Morgan fingerprint density at radius 3 is 2.88 bits per heavy atom. The number of nitrogens with zero attached hydrogens (tertiary/aromatic N) is 5. The van der Waals surface area contributed by atoms with Gasteiger partial charge in [0.25, 0.3) is 0 Å². The molecule has 8 nitrogen and oxygen atoms in total. The molecule has 0 spiro atoms. The molecule has 1 unspecified atom stereocenters. The number of Topliss-reactive ketones (excluding diaryl/α,β-unsaturated/α-hetero) is 1. The Morgan fingerprint density at radius 2 is 2.06 bits per heavy atom.